The second kappa shape index (κ2) is 10.3. The van der Waals surface area contributed by atoms with Crippen molar-refractivity contribution in [3.63, 3.8) is 0 Å². The molecule has 0 unspecified atom stereocenters. The van der Waals surface area contributed by atoms with Crippen molar-refractivity contribution >= 4 is 11.9 Å². The Kier molecular flexibility index (Phi) is 8.83. The molecule has 2 aromatic rings. The molecule has 2 aromatic carbocycles. The van der Waals surface area contributed by atoms with E-state index in [1.165, 1.54) is 6.07 Å². The number of aromatic carboxylic acids is 2. The van der Waals surface area contributed by atoms with Crippen LogP contribution in [0.25, 0.3) is 0 Å². The zero-order valence-electron chi connectivity index (χ0n) is 24.3. The Morgan fingerprint density at radius 1 is 0.514 bits per heavy atom. The molecule has 2 rings (SSSR count). The minimum Gasteiger partial charge on any atom is -0.507 e. The zero-order valence-corrected chi connectivity index (χ0v) is 24.3. The summed E-state index contributed by atoms with van der Waals surface area (Å²) in [6, 6.07) is 4.47. The second-order valence-electron chi connectivity index (χ2n) is 13.6. The van der Waals surface area contributed by atoms with E-state index in [1.807, 2.05) is 83.1 Å². The maximum atomic E-state index is 11.2. The van der Waals surface area contributed by atoms with Crippen LogP contribution in [0, 0.1) is 0 Å². The predicted octanol–water partition coefficient (Wildman–Crippen LogP) is 7.08. The fraction of sp³-hybridized carbons (Fsp3) is 0.533. The number of benzene rings is 2. The highest BCUT2D eigenvalue weighted by molar-refractivity contribution is 5.92. The molecule has 0 saturated heterocycles. The van der Waals surface area contributed by atoms with Crippen LogP contribution < -0.4 is 0 Å². The van der Waals surface area contributed by atoms with Gasteiger partial charge in [0.25, 0.3) is 0 Å². The monoisotopic (exact) mass is 516 g/mol. The molecule has 7 nitrogen and oxygen atoms in total. The van der Waals surface area contributed by atoms with Crippen molar-refractivity contribution in [1.82, 2.24) is 0 Å². The Morgan fingerprint density at radius 2 is 0.865 bits per heavy atom. The number of phenols is 3. The Hall–Kier alpha value is -3.22. The minimum absolute atomic E-state index is 0.0255. The first kappa shape index (κ1) is 31.8. The third-order valence-corrected chi connectivity index (χ3v) is 6.03. The van der Waals surface area contributed by atoms with Crippen molar-refractivity contribution in [2.24, 2.45) is 0 Å². The first-order valence-electron chi connectivity index (χ1n) is 12.3. The van der Waals surface area contributed by atoms with Gasteiger partial charge in [-0.2, -0.15) is 0 Å². The average molecular weight is 517 g/mol. The standard InChI is InChI=1S/C15H22O4.C15H22O3/c1-14(2,3)9-7-8(13(18)19)11(16)10(12(9)17)15(4,5)6;1-14(2,3)10-7-9(13(17)18)8-11(12(10)16)15(4,5)6/h7,16-17H,1-6H3,(H,18,19);7-8,16H,1-6H3,(H,17,18). The molecule has 0 amide bonds. The first-order chi connectivity index (χ1) is 16.3. The van der Waals surface area contributed by atoms with Gasteiger partial charge in [-0.1, -0.05) is 83.1 Å². The Balaban J connectivity index is 0.000000371. The summed E-state index contributed by atoms with van der Waals surface area (Å²) < 4.78 is 0. The van der Waals surface area contributed by atoms with Gasteiger partial charge in [-0.25, -0.2) is 9.59 Å². The molecule has 0 bridgehead atoms. The van der Waals surface area contributed by atoms with E-state index in [4.69, 9.17) is 0 Å². The van der Waals surface area contributed by atoms with Crippen LogP contribution in [-0.4, -0.2) is 37.5 Å². The summed E-state index contributed by atoms with van der Waals surface area (Å²) in [7, 11) is 0. The summed E-state index contributed by atoms with van der Waals surface area (Å²) in [6.45, 7) is 22.9. The molecule has 0 aliphatic carbocycles. The second-order valence-corrected chi connectivity index (χ2v) is 13.6. The van der Waals surface area contributed by atoms with Gasteiger partial charge in [0.05, 0.1) is 5.56 Å². The number of carboxylic acid groups (broad SMARTS) is 2. The van der Waals surface area contributed by atoms with Crippen molar-refractivity contribution in [1.29, 1.82) is 0 Å². The quantitative estimate of drug-likeness (QED) is 0.288. The molecule has 5 N–H and O–H groups in total. The van der Waals surface area contributed by atoms with Gasteiger partial charge in [0.15, 0.2) is 0 Å². The molecular formula is C30H44O7. The predicted molar refractivity (Wildman–Crippen MR) is 147 cm³/mol. The van der Waals surface area contributed by atoms with Crippen molar-refractivity contribution < 1.29 is 35.1 Å². The SMILES string of the molecule is CC(C)(C)c1cc(C(=O)O)c(O)c(C(C)(C)C)c1O.CC(C)(C)c1cc(C(=O)O)cc(C(C)(C)C)c1O. The largest absolute Gasteiger partial charge is 0.507 e. The van der Waals surface area contributed by atoms with E-state index in [0.29, 0.717) is 16.7 Å². The molecule has 0 aromatic heterocycles. The van der Waals surface area contributed by atoms with E-state index in [-0.39, 0.29) is 44.8 Å². The van der Waals surface area contributed by atoms with Gasteiger partial charge in [0.1, 0.15) is 22.8 Å². The van der Waals surface area contributed by atoms with Crippen molar-refractivity contribution in [2.75, 3.05) is 0 Å². The van der Waals surface area contributed by atoms with Crippen molar-refractivity contribution in [3.8, 4) is 17.2 Å². The summed E-state index contributed by atoms with van der Waals surface area (Å²) in [5, 5.41) is 49.3. The maximum absolute atomic E-state index is 11.2. The summed E-state index contributed by atoms with van der Waals surface area (Å²) in [4.78, 5) is 22.4. The molecule has 0 spiro atoms. The van der Waals surface area contributed by atoms with Crippen LogP contribution in [0.2, 0.25) is 0 Å². The van der Waals surface area contributed by atoms with Crippen LogP contribution in [0.1, 0.15) is 126 Å². The molecule has 0 saturated carbocycles. The van der Waals surface area contributed by atoms with Gasteiger partial charge in [-0.15, -0.1) is 0 Å². The number of hydrogen-bond donors (Lipinski definition) is 5. The Morgan fingerprint density at radius 3 is 1.14 bits per heavy atom. The molecule has 206 valence electrons. The minimum atomic E-state index is -1.20. The summed E-state index contributed by atoms with van der Waals surface area (Å²) in [5.74, 6) is -2.34. The summed E-state index contributed by atoms with van der Waals surface area (Å²) in [5.41, 5.74) is 0.632. The van der Waals surface area contributed by atoms with Gasteiger partial charge in [0, 0.05) is 22.3 Å². The molecule has 7 heteroatoms. The van der Waals surface area contributed by atoms with E-state index in [2.05, 4.69) is 0 Å². The molecule has 0 atom stereocenters. The molecule has 0 aliphatic heterocycles. The maximum Gasteiger partial charge on any atom is 0.339 e. The number of carboxylic acids is 2. The molecule has 37 heavy (non-hydrogen) atoms. The Bertz CT molecular complexity index is 1140. The molecule has 0 aliphatic rings. The van der Waals surface area contributed by atoms with E-state index in [1.54, 1.807) is 12.1 Å². The number of hydrogen-bond acceptors (Lipinski definition) is 5. The van der Waals surface area contributed by atoms with Gasteiger partial charge in [-0.3, -0.25) is 0 Å². The van der Waals surface area contributed by atoms with Crippen LogP contribution >= 0.6 is 0 Å². The van der Waals surface area contributed by atoms with Crippen molar-refractivity contribution in [2.45, 2.75) is 105 Å². The third-order valence-electron chi connectivity index (χ3n) is 6.03. The fourth-order valence-electron chi connectivity index (χ4n) is 4.01. The van der Waals surface area contributed by atoms with Gasteiger partial charge >= 0.3 is 11.9 Å². The average Bonchev–Trinajstić information content (AvgIpc) is 2.64. The molecule has 0 fully saturated rings. The molecule has 0 radical (unpaired) electrons. The lowest BCUT2D eigenvalue weighted by Gasteiger charge is -2.28. The van der Waals surface area contributed by atoms with Gasteiger partial charge in [0.2, 0.25) is 0 Å². The smallest absolute Gasteiger partial charge is 0.339 e. The zero-order chi connectivity index (χ0) is 29.5. The lowest BCUT2D eigenvalue weighted by Crippen LogP contribution is -2.19. The highest BCUT2D eigenvalue weighted by Gasteiger charge is 2.32. The van der Waals surface area contributed by atoms with E-state index >= 15 is 0 Å². The normalized spacial score (nSPS) is 12.5. The van der Waals surface area contributed by atoms with E-state index in [9.17, 15) is 35.1 Å². The Labute approximate surface area is 220 Å². The molecular weight excluding hydrogens is 472 g/mol. The summed E-state index contributed by atoms with van der Waals surface area (Å²) >= 11 is 0. The fourth-order valence-corrected chi connectivity index (χ4v) is 4.01. The lowest BCUT2D eigenvalue weighted by molar-refractivity contribution is 0.0683. The van der Waals surface area contributed by atoms with Crippen LogP contribution in [0.5, 0.6) is 17.2 Å². The number of carbonyl (C=O) groups is 2. The number of aromatic hydroxyl groups is 3. The number of rotatable bonds is 2. The van der Waals surface area contributed by atoms with E-state index < -0.39 is 22.8 Å². The van der Waals surface area contributed by atoms with Crippen LogP contribution in [-0.2, 0) is 21.7 Å². The molecule has 0 heterocycles. The van der Waals surface area contributed by atoms with Gasteiger partial charge in [-0.05, 0) is 39.9 Å². The van der Waals surface area contributed by atoms with Crippen LogP contribution in [0.3, 0.4) is 0 Å². The third kappa shape index (κ3) is 7.40. The first-order valence-corrected chi connectivity index (χ1v) is 12.3. The highest BCUT2D eigenvalue weighted by Crippen LogP contribution is 2.45. The van der Waals surface area contributed by atoms with Gasteiger partial charge < -0.3 is 25.5 Å². The number of phenolic OH excluding ortho intramolecular Hbond substituents is 2. The highest BCUT2D eigenvalue weighted by atomic mass is 16.4. The lowest BCUT2D eigenvalue weighted by atomic mass is 9.77. The van der Waals surface area contributed by atoms with Crippen LogP contribution in [0.15, 0.2) is 18.2 Å². The van der Waals surface area contributed by atoms with Crippen LogP contribution in [0.4, 0.5) is 0 Å². The van der Waals surface area contributed by atoms with E-state index in [0.717, 1.165) is 0 Å². The topological polar surface area (TPSA) is 135 Å². The van der Waals surface area contributed by atoms with Crippen molar-refractivity contribution in [3.05, 3.63) is 51.6 Å². The summed E-state index contributed by atoms with van der Waals surface area (Å²) in [6.07, 6.45) is 0.